The number of hydrogen-bond donors (Lipinski definition) is 1. The summed E-state index contributed by atoms with van der Waals surface area (Å²) in [7, 11) is -3.21. The summed E-state index contributed by atoms with van der Waals surface area (Å²) in [6.45, 7) is 3.56. The maximum Gasteiger partial charge on any atom is 0.235 e. The molecule has 0 aliphatic heterocycles. The van der Waals surface area contributed by atoms with Crippen LogP contribution in [0, 0.1) is 0 Å². The minimum atomic E-state index is -3.21. The fourth-order valence-corrected chi connectivity index (χ4v) is 2.10. The lowest BCUT2D eigenvalue weighted by atomic mass is 10.3. The quantitative estimate of drug-likeness (QED) is 0.833. The Hall–Kier alpha value is -1.03. The van der Waals surface area contributed by atoms with Gasteiger partial charge in [0.25, 0.3) is 0 Å². The molecule has 1 atom stereocenters. The average molecular weight is 213 g/mol. The van der Waals surface area contributed by atoms with E-state index in [0.29, 0.717) is 12.1 Å². The van der Waals surface area contributed by atoms with Gasteiger partial charge in [-0.1, -0.05) is 25.1 Å². The minimum Gasteiger partial charge on any atom is -0.283 e. The van der Waals surface area contributed by atoms with Crippen molar-refractivity contribution in [2.45, 2.75) is 25.5 Å². The van der Waals surface area contributed by atoms with Gasteiger partial charge in [-0.25, -0.2) is 8.42 Å². The highest BCUT2D eigenvalue weighted by molar-refractivity contribution is 7.93. The summed E-state index contributed by atoms with van der Waals surface area (Å²) in [5.74, 6) is 0. The summed E-state index contributed by atoms with van der Waals surface area (Å²) >= 11 is 0. The molecule has 0 bridgehead atoms. The van der Waals surface area contributed by atoms with E-state index in [1.165, 1.54) is 0 Å². The molecule has 4 heteroatoms. The Morgan fingerprint density at radius 3 is 2.36 bits per heavy atom. The van der Waals surface area contributed by atoms with Crippen molar-refractivity contribution in [2.24, 2.45) is 0 Å². The fraction of sp³-hybridized carbons (Fsp3) is 0.400. The van der Waals surface area contributed by atoms with Gasteiger partial charge in [-0.05, 0) is 25.5 Å². The SMILES string of the molecule is CCC(C)S(=O)(=O)Nc1ccccc1. The Balaban J connectivity index is 2.79. The van der Waals surface area contributed by atoms with Crippen molar-refractivity contribution in [3.05, 3.63) is 30.3 Å². The first kappa shape index (κ1) is 11.0. The molecule has 0 aromatic heterocycles. The first-order valence-electron chi connectivity index (χ1n) is 4.63. The van der Waals surface area contributed by atoms with E-state index < -0.39 is 10.0 Å². The lowest BCUT2D eigenvalue weighted by molar-refractivity contribution is 0.586. The lowest BCUT2D eigenvalue weighted by Gasteiger charge is -2.12. The summed E-state index contributed by atoms with van der Waals surface area (Å²) < 4.78 is 25.8. The zero-order valence-corrected chi connectivity index (χ0v) is 9.21. The molecule has 3 nitrogen and oxygen atoms in total. The summed E-state index contributed by atoms with van der Waals surface area (Å²) in [6.07, 6.45) is 0.613. The van der Waals surface area contributed by atoms with E-state index >= 15 is 0 Å². The van der Waals surface area contributed by atoms with Gasteiger partial charge < -0.3 is 0 Å². The molecule has 14 heavy (non-hydrogen) atoms. The number of hydrogen-bond acceptors (Lipinski definition) is 2. The third-order valence-corrected chi connectivity index (χ3v) is 4.05. The molecule has 1 aromatic rings. The van der Waals surface area contributed by atoms with Crippen LogP contribution in [0.15, 0.2) is 30.3 Å². The van der Waals surface area contributed by atoms with Crippen LogP contribution >= 0.6 is 0 Å². The number of nitrogens with one attached hydrogen (secondary N) is 1. The Labute approximate surface area is 85.2 Å². The first-order chi connectivity index (χ1) is 6.56. The molecular weight excluding hydrogens is 198 g/mol. The van der Waals surface area contributed by atoms with Crippen molar-refractivity contribution in [1.29, 1.82) is 0 Å². The van der Waals surface area contributed by atoms with Gasteiger partial charge in [-0.15, -0.1) is 0 Å². The molecule has 0 aliphatic carbocycles. The van der Waals surface area contributed by atoms with Crippen LogP contribution in [0.3, 0.4) is 0 Å². The van der Waals surface area contributed by atoms with E-state index in [-0.39, 0.29) is 5.25 Å². The van der Waals surface area contributed by atoms with Crippen molar-refractivity contribution in [2.75, 3.05) is 4.72 Å². The normalized spacial score (nSPS) is 13.6. The molecule has 1 N–H and O–H groups in total. The van der Waals surface area contributed by atoms with Crippen LogP contribution in [-0.4, -0.2) is 13.7 Å². The second-order valence-corrected chi connectivity index (χ2v) is 5.33. The predicted octanol–water partition coefficient (Wildman–Crippen LogP) is 2.23. The van der Waals surface area contributed by atoms with Crippen LogP contribution in [0.4, 0.5) is 5.69 Å². The molecule has 0 heterocycles. The Kier molecular flexibility index (Phi) is 3.52. The van der Waals surface area contributed by atoms with Gasteiger partial charge in [0.2, 0.25) is 10.0 Å². The van der Waals surface area contributed by atoms with Crippen molar-refractivity contribution in [3.63, 3.8) is 0 Å². The molecule has 0 spiro atoms. The minimum absolute atomic E-state index is 0.359. The van der Waals surface area contributed by atoms with E-state index in [1.54, 1.807) is 31.2 Å². The maximum absolute atomic E-state index is 11.6. The van der Waals surface area contributed by atoms with E-state index in [1.807, 2.05) is 13.0 Å². The van der Waals surface area contributed by atoms with Gasteiger partial charge in [-0.3, -0.25) is 4.72 Å². The van der Waals surface area contributed by atoms with Gasteiger partial charge in [0.1, 0.15) is 0 Å². The number of sulfonamides is 1. The summed E-state index contributed by atoms with van der Waals surface area (Å²) in [5, 5.41) is -0.359. The zero-order valence-electron chi connectivity index (χ0n) is 8.40. The van der Waals surface area contributed by atoms with Crippen molar-refractivity contribution in [1.82, 2.24) is 0 Å². The van der Waals surface area contributed by atoms with Gasteiger partial charge in [0.15, 0.2) is 0 Å². The molecule has 0 amide bonds. The zero-order chi connectivity index (χ0) is 10.6. The van der Waals surface area contributed by atoms with E-state index in [0.717, 1.165) is 0 Å². The molecule has 0 radical (unpaired) electrons. The van der Waals surface area contributed by atoms with Crippen LogP contribution in [-0.2, 0) is 10.0 Å². The van der Waals surface area contributed by atoms with Gasteiger partial charge >= 0.3 is 0 Å². The third kappa shape index (κ3) is 2.73. The average Bonchev–Trinajstić information content (AvgIpc) is 2.17. The standard InChI is InChI=1S/C10H15NO2S/c1-3-9(2)14(12,13)11-10-7-5-4-6-8-10/h4-9,11H,3H2,1-2H3. The Morgan fingerprint density at radius 2 is 1.86 bits per heavy atom. The summed E-state index contributed by atoms with van der Waals surface area (Å²) in [6, 6.07) is 8.92. The molecule has 1 unspecified atom stereocenters. The fourth-order valence-electron chi connectivity index (χ4n) is 0.990. The molecular formula is C10H15NO2S. The summed E-state index contributed by atoms with van der Waals surface area (Å²) in [5.41, 5.74) is 0.618. The van der Waals surface area contributed by atoms with E-state index in [9.17, 15) is 8.42 Å². The number of rotatable bonds is 4. The smallest absolute Gasteiger partial charge is 0.235 e. The van der Waals surface area contributed by atoms with Crippen LogP contribution in [0.1, 0.15) is 20.3 Å². The highest BCUT2D eigenvalue weighted by atomic mass is 32.2. The van der Waals surface area contributed by atoms with Gasteiger partial charge in [0.05, 0.1) is 5.25 Å². The van der Waals surface area contributed by atoms with Crippen molar-refractivity contribution < 1.29 is 8.42 Å². The van der Waals surface area contributed by atoms with Crippen LogP contribution < -0.4 is 4.72 Å². The molecule has 0 saturated heterocycles. The Bertz CT molecular complexity index is 372. The molecule has 0 aliphatic rings. The van der Waals surface area contributed by atoms with E-state index in [2.05, 4.69) is 4.72 Å². The van der Waals surface area contributed by atoms with Gasteiger partial charge in [0, 0.05) is 5.69 Å². The van der Waals surface area contributed by atoms with Crippen molar-refractivity contribution in [3.8, 4) is 0 Å². The molecule has 1 aromatic carbocycles. The molecule has 1 rings (SSSR count). The van der Waals surface area contributed by atoms with Crippen LogP contribution in [0.25, 0.3) is 0 Å². The topological polar surface area (TPSA) is 46.2 Å². The largest absolute Gasteiger partial charge is 0.283 e. The Morgan fingerprint density at radius 1 is 1.29 bits per heavy atom. The maximum atomic E-state index is 11.6. The van der Waals surface area contributed by atoms with Crippen LogP contribution in [0.5, 0.6) is 0 Å². The second-order valence-electron chi connectivity index (χ2n) is 3.23. The van der Waals surface area contributed by atoms with Gasteiger partial charge in [-0.2, -0.15) is 0 Å². The lowest BCUT2D eigenvalue weighted by Crippen LogP contribution is -2.24. The first-order valence-corrected chi connectivity index (χ1v) is 6.17. The van der Waals surface area contributed by atoms with E-state index in [4.69, 9.17) is 0 Å². The second kappa shape index (κ2) is 4.46. The molecule has 78 valence electrons. The highest BCUT2D eigenvalue weighted by Crippen LogP contribution is 2.12. The monoisotopic (exact) mass is 213 g/mol. The number of benzene rings is 1. The van der Waals surface area contributed by atoms with Crippen LogP contribution in [0.2, 0.25) is 0 Å². The molecule has 0 fully saturated rings. The molecule has 0 saturated carbocycles. The summed E-state index contributed by atoms with van der Waals surface area (Å²) in [4.78, 5) is 0. The number of para-hydroxylation sites is 1. The van der Waals surface area contributed by atoms with Crippen molar-refractivity contribution >= 4 is 15.7 Å². The third-order valence-electron chi connectivity index (χ3n) is 2.14. The predicted molar refractivity (Wildman–Crippen MR) is 58.7 cm³/mol. The number of anilines is 1. The highest BCUT2D eigenvalue weighted by Gasteiger charge is 2.17.